The van der Waals surface area contributed by atoms with Crippen LogP contribution < -0.4 is 0 Å². The smallest absolute Gasteiger partial charge is 0.476 e. The van der Waals surface area contributed by atoms with Crippen LogP contribution in [0.4, 0.5) is 224 Å². The van der Waals surface area contributed by atoms with Gasteiger partial charge in [-0.1, -0.05) is 20.8 Å². The standard InChI is InChI=1S/C36H27F51N3O10PS3/c1-4-88(102(92)93)7-10(13(37,38)16(43,44)19(49,50)22(55,56)25(61,62)28(67,68)31(73,74)34(79,80)81)98-101(91,99-11(8-89(5-2)103(94)95)14(39,40)17(45,46)20(51,52)23(57,58)26(63,64)29(69,70)32(75,76)35(82,83)84)100-12(9-90(6-3)104(96)97)15(41,42)18(47,48)21(53,54)24(59,60)27(65,66)30(71,72)33(77,78)36(85,86)87/h10-12H,4-9H2,1-3H3,(H,92,93)(H,94,95)(H,96,97)/p-3. The molecule has 68 heteroatoms. The second-order valence-corrected chi connectivity index (χ2v) is 23.9. The number of likely N-dealkylation sites (N-methyl/N-ethyl adjacent to an activating group) is 3. The van der Waals surface area contributed by atoms with Crippen LogP contribution in [0.15, 0.2) is 0 Å². The predicted octanol–water partition coefficient (Wildman–Crippen LogP) is 15.6. The lowest BCUT2D eigenvalue weighted by atomic mass is 9.87. The van der Waals surface area contributed by atoms with Crippen LogP contribution in [0, 0.1) is 0 Å². The Morgan fingerprint density at radius 2 is 0.365 bits per heavy atom. The van der Waals surface area contributed by atoms with Gasteiger partial charge in [-0.15, -0.1) is 0 Å². The highest BCUT2D eigenvalue weighted by molar-refractivity contribution is 7.77. The maximum absolute atomic E-state index is 16.4. The summed E-state index contributed by atoms with van der Waals surface area (Å²) in [4.78, 5) is 0. The molecule has 0 heterocycles. The minimum absolute atomic E-state index is 0.302. The summed E-state index contributed by atoms with van der Waals surface area (Å²) in [5, 5.41) is 0. The molecule has 0 aliphatic heterocycles. The second kappa shape index (κ2) is 29.1. The minimum Gasteiger partial charge on any atom is -0.760 e. The second-order valence-electron chi connectivity index (χ2n) is 19.5. The first-order valence-electron chi connectivity index (χ1n) is 24.0. The SMILES string of the molecule is CCN(CC(OP(=O)(OC(CN(CC)S(=O)[O-])C(F)(F)C(F)(F)C(F)(F)C(F)(F)C(F)(F)C(F)(F)C(F)(F)C(F)(F)F)OC(CN(CC)S(=O)[O-])C(F)(F)C(F)(F)C(F)(F)C(F)(F)C(F)(F)C(F)(F)C(F)(F)C(F)(F)F)C(F)(F)C(F)(F)C(F)(F)C(F)(F)C(F)(F)C(F)(F)C(F)(F)C(F)(F)F)S(=O)[O-]. The van der Waals surface area contributed by atoms with Crippen molar-refractivity contribution in [2.24, 2.45) is 0 Å². The van der Waals surface area contributed by atoms with Gasteiger partial charge in [0, 0.05) is 73.1 Å². The largest absolute Gasteiger partial charge is 0.760 e. The van der Waals surface area contributed by atoms with E-state index in [4.69, 9.17) is 0 Å². The summed E-state index contributed by atoms with van der Waals surface area (Å²) in [5.41, 5.74) is 0. The lowest BCUT2D eigenvalue weighted by Gasteiger charge is -2.46. The number of alkyl halides is 51. The number of hydrogen-bond donors (Lipinski definition) is 0. The molecular formula is C36H24F51N3O10PS3-3. The molecule has 6 atom stereocenters. The summed E-state index contributed by atoms with van der Waals surface area (Å²) in [6.07, 6.45) is -47.2. The molecule has 0 fully saturated rings. The Hall–Kier alpha value is -3.25. The van der Waals surface area contributed by atoms with Gasteiger partial charge >= 0.3 is 151 Å². The van der Waals surface area contributed by atoms with Gasteiger partial charge in [0.25, 0.3) is 0 Å². The van der Waals surface area contributed by atoms with Crippen LogP contribution in [0.1, 0.15) is 20.8 Å². The molecule has 104 heavy (non-hydrogen) atoms. The molecule has 13 nitrogen and oxygen atoms in total. The van der Waals surface area contributed by atoms with Crippen molar-refractivity contribution in [3.63, 3.8) is 0 Å². The highest BCUT2D eigenvalue weighted by Gasteiger charge is 2.99. The van der Waals surface area contributed by atoms with E-state index in [0.717, 1.165) is 0 Å². The molecule has 626 valence electrons. The van der Waals surface area contributed by atoms with Crippen LogP contribution in [-0.4, -0.2) is 240 Å². The summed E-state index contributed by atoms with van der Waals surface area (Å²) < 4.78 is 828. The van der Waals surface area contributed by atoms with E-state index < -0.39 is 255 Å². The van der Waals surface area contributed by atoms with Crippen molar-refractivity contribution >= 4 is 41.6 Å². The van der Waals surface area contributed by atoms with Crippen LogP contribution in [0.25, 0.3) is 0 Å². The Morgan fingerprint density at radius 1 is 0.250 bits per heavy atom. The Kier molecular flexibility index (Phi) is 28.2. The fourth-order valence-corrected chi connectivity index (χ4v) is 9.85. The molecule has 0 spiro atoms. The van der Waals surface area contributed by atoms with Crippen molar-refractivity contribution in [1.29, 1.82) is 0 Å². The van der Waals surface area contributed by atoms with Gasteiger partial charge in [-0.3, -0.25) is 26.2 Å². The van der Waals surface area contributed by atoms with Crippen LogP contribution in [-0.2, 0) is 51.9 Å². The first-order chi connectivity index (χ1) is 44.7. The van der Waals surface area contributed by atoms with Crippen LogP contribution in [0.3, 0.4) is 0 Å². The molecule has 0 aromatic rings. The van der Waals surface area contributed by atoms with Gasteiger partial charge in [-0.25, -0.2) is 17.5 Å². The van der Waals surface area contributed by atoms with Gasteiger partial charge in [0.2, 0.25) is 0 Å². The van der Waals surface area contributed by atoms with E-state index in [1.807, 2.05) is 0 Å². The number of rotatable bonds is 39. The topological polar surface area (TPSA) is 175 Å². The van der Waals surface area contributed by atoms with Crippen LogP contribution in [0.2, 0.25) is 0 Å². The average molecular weight is 1750 g/mol. The van der Waals surface area contributed by atoms with E-state index in [1.165, 1.54) is 0 Å². The maximum atomic E-state index is 16.4. The van der Waals surface area contributed by atoms with E-state index in [2.05, 4.69) is 13.6 Å². The third-order valence-corrected chi connectivity index (χ3v) is 17.0. The quantitative estimate of drug-likeness (QED) is 0.0327. The number of halogens is 51. The molecule has 0 aromatic heterocycles. The van der Waals surface area contributed by atoms with Crippen molar-refractivity contribution in [3.05, 3.63) is 0 Å². The fourth-order valence-electron chi connectivity index (χ4n) is 6.76. The molecule has 0 aliphatic carbocycles. The molecule has 0 saturated carbocycles. The van der Waals surface area contributed by atoms with Gasteiger partial charge in [-0.05, 0) is 0 Å². The Balaban J connectivity index is 10.7. The first-order valence-corrected chi connectivity index (χ1v) is 28.5. The highest BCUT2D eigenvalue weighted by atomic mass is 32.2. The number of phosphoric acid groups is 1. The van der Waals surface area contributed by atoms with E-state index in [-0.39, 0.29) is 20.8 Å². The summed E-state index contributed by atoms with van der Waals surface area (Å²) in [7, 11) is -10.7. The zero-order valence-corrected chi connectivity index (χ0v) is 50.7. The van der Waals surface area contributed by atoms with Crippen molar-refractivity contribution in [2.45, 2.75) is 182 Å². The number of nitrogens with zero attached hydrogens (tertiary/aromatic N) is 3. The third kappa shape index (κ3) is 15.2. The lowest BCUT2D eigenvalue weighted by molar-refractivity contribution is -0.464. The molecular weight excluding hydrogens is 1730 g/mol. The normalized spacial score (nSPS) is 18.7. The zero-order valence-electron chi connectivity index (χ0n) is 47.3. The molecule has 0 aromatic carbocycles. The van der Waals surface area contributed by atoms with E-state index >= 15 is 79.0 Å². The van der Waals surface area contributed by atoms with Gasteiger partial charge in [0.1, 0.15) is 0 Å². The molecule has 0 saturated heterocycles. The molecule has 0 rings (SSSR count). The molecule has 0 amide bonds. The van der Waals surface area contributed by atoms with Crippen molar-refractivity contribution in [1.82, 2.24) is 12.9 Å². The highest BCUT2D eigenvalue weighted by Crippen LogP contribution is 2.71. The monoisotopic (exact) mass is 1750 g/mol. The average Bonchev–Trinajstić information content (AvgIpc) is 0.703. The fraction of sp³-hybridized carbons (Fsp3) is 1.00. The Labute approximate surface area is 544 Å². The first kappa shape index (κ1) is 101. The molecule has 0 bridgehead atoms. The van der Waals surface area contributed by atoms with Gasteiger partial charge in [0.05, 0.1) is 0 Å². The molecule has 0 N–H and O–H groups in total. The summed E-state index contributed by atoms with van der Waals surface area (Å²) in [6.45, 7) is -21.5. The third-order valence-electron chi connectivity index (χ3n) is 13.0. The van der Waals surface area contributed by atoms with Gasteiger partial charge < -0.3 is 13.7 Å². The minimum atomic E-state index is -10.7. The van der Waals surface area contributed by atoms with E-state index in [1.54, 1.807) is 0 Å². The summed E-state index contributed by atoms with van der Waals surface area (Å²) >= 11 is -16.0. The van der Waals surface area contributed by atoms with Crippen molar-refractivity contribution < 1.29 is 268 Å². The lowest BCUT2D eigenvalue weighted by Crippen LogP contribution is -2.76. The van der Waals surface area contributed by atoms with E-state index in [0.29, 0.717) is 0 Å². The summed E-state index contributed by atoms with van der Waals surface area (Å²) in [6, 6.07) is 0. The van der Waals surface area contributed by atoms with Crippen LogP contribution >= 0.6 is 7.82 Å². The van der Waals surface area contributed by atoms with E-state index in [9.17, 15) is 176 Å². The zero-order chi connectivity index (χ0) is 85.1. The number of hydrogen-bond acceptors (Lipinski definition) is 10. The summed E-state index contributed by atoms with van der Waals surface area (Å²) in [5.74, 6) is -206. The Morgan fingerprint density at radius 3 is 0.471 bits per heavy atom. The van der Waals surface area contributed by atoms with Gasteiger partial charge in [-0.2, -0.15) is 224 Å². The molecule has 0 radical (unpaired) electrons. The number of phosphoric ester groups is 1. The maximum Gasteiger partial charge on any atom is 0.476 e. The predicted molar refractivity (Wildman–Crippen MR) is 223 cm³/mol. The van der Waals surface area contributed by atoms with Gasteiger partial charge in [0.15, 0.2) is 18.3 Å². The Bertz CT molecular complexity index is 2770. The molecule has 6 unspecified atom stereocenters. The van der Waals surface area contributed by atoms with Crippen molar-refractivity contribution in [2.75, 3.05) is 39.3 Å². The molecule has 0 aliphatic rings. The van der Waals surface area contributed by atoms with Crippen molar-refractivity contribution in [3.8, 4) is 0 Å². The van der Waals surface area contributed by atoms with Crippen LogP contribution in [0.5, 0.6) is 0 Å².